The molecule has 0 spiro atoms. The highest BCUT2D eigenvalue weighted by molar-refractivity contribution is 5.96. The van der Waals surface area contributed by atoms with E-state index in [4.69, 9.17) is 9.47 Å². The number of piperazine rings is 1. The SMILES string of the molecule is CCC1NC(=O)C(C)N(CCCOCCOC)C1=O. The minimum atomic E-state index is -0.394. The third kappa shape index (κ3) is 4.47. The summed E-state index contributed by atoms with van der Waals surface area (Å²) in [4.78, 5) is 25.5. The normalized spacial score (nSPS) is 23.6. The first-order chi connectivity index (χ1) is 9.11. The van der Waals surface area contributed by atoms with Crippen LogP contribution in [0, 0.1) is 0 Å². The van der Waals surface area contributed by atoms with Crippen LogP contribution in [0.5, 0.6) is 0 Å². The third-order valence-electron chi connectivity index (χ3n) is 3.27. The summed E-state index contributed by atoms with van der Waals surface area (Å²) in [6.07, 6.45) is 1.35. The zero-order valence-electron chi connectivity index (χ0n) is 12.0. The highest BCUT2D eigenvalue weighted by atomic mass is 16.5. The molecule has 0 saturated carbocycles. The Morgan fingerprint density at radius 3 is 2.63 bits per heavy atom. The molecule has 1 rings (SSSR count). The molecule has 0 aliphatic carbocycles. The summed E-state index contributed by atoms with van der Waals surface area (Å²) in [5.74, 6) is -0.0711. The Labute approximate surface area is 114 Å². The van der Waals surface area contributed by atoms with E-state index >= 15 is 0 Å². The second-order valence-corrected chi connectivity index (χ2v) is 4.64. The summed E-state index contributed by atoms with van der Waals surface area (Å²) in [7, 11) is 1.63. The maximum atomic E-state index is 12.1. The van der Waals surface area contributed by atoms with Crippen LogP contribution in [0.4, 0.5) is 0 Å². The Balaban J connectivity index is 2.36. The summed E-state index contributed by atoms with van der Waals surface area (Å²) in [5, 5.41) is 2.74. The average molecular weight is 272 g/mol. The van der Waals surface area contributed by atoms with Crippen molar-refractivity contribution >= 4 is 11.8 Å². The van der Waals surface area contributed by atoms with E-state index < -0.39 is 6.04 Å². The number of carbonyl (C=O) groups excluding carboxylic acids is 2. The molecular weight excluding hydrogens is 248 g/mol. The van der Waals surface area contributed by atoms with Gasteiger partial charge in [-0.05, 0) is 19.8 Å². The quantitative estimate of drug-likeness (QED) is 0.639. The topological polar surface area (TPSA) is 67.9 Å². The van der Waals surface area contributed by atoms with E-state index in [2.05, 4.69) is 5.32 Å². The van der Waals surface area contributed by atoms with E-state index in [1.54, 1.807) is 18.9 Å². The number of carbonyl (C=O) groups is 2. The van der Waals surface area contributed by atoms with Crippen molar-refractivity contribution in [2.45, 2.75) is 38.8 Å². The second-order valence-electron chi connectivity index (χ2n) is 4.64. The molecule has 0 aromatic rings. The Kier molecular flexibility index (Phi) is 6.80. The monoisotopic (exact) mass is 272 g/mol. The van der Waals surface area contributed by atoms with Gasteiger partial charge in [0.25, 0.3) is 0 Å². The van der Waals surface area contributed by atoms with Crippen LogP contribution < -0.4 is 5.32 Å². The number of nitrogens with one attached hydrogen (secondary N) is 1. The van der Waals surface area contributed by atoms with Gasteiger partial charge < -0.3 is 19.7 Å². The first-order valence-corrected chi connectivity index (χ1v) is 6.79. The highest BCUT2D eigenvalue weighted by Crippen LogP contribution is 2.12. The lowest BCUT2D eigenvalue weighted by molar-refractivity contribution is -0.148. The number of nitrogens with zero attached hydrogens (tertiary/aromatic N) is 1. The van der Waals surface area contributed by atoms with Crippen LogP contribution in [0.2, 0.25) is 0 Å². The van der Waals surface area contributed by atoms with Crippen LogP contribution >= 0.6 is 0 Å². The van der Waals surface area contributed by atoms with E-state index in [1.165, 1.54) is 0 Å². The lowest BCUT2D eigenvalue weighted by Crippen LogP contribution is -2.62. The molecule has 6 nitrogen and oxygen atoms in total. The molecule has 0 radical (unpaired) electrons. The number of hydrogen-bond donors (Lipinski definition) is 1. The number of ether oxygens (including phenoxy) is 2. The molecule has 6 heteroatoms. The lowest BCUT2D eigenvalue weighted by atomic mass is 10.1. The fourth-order valence-electron chi connectivity index (χ4n) is 2.05. The zero-order valence-corrected chi connectivity index (χ0v) is 12.0. The van der Waals surface area contributed by atoms with Gasteiger partial charge in [-0.3, -0.25) is 9.59 Å². The first-order valence-electron chi connectivity index (χ1n) is 6.79. The molecule has 1 heterocycles. The first kappa shape index (κ1) is 15.9. The molecule has 2 atom stereocenters. The Bertz CT molecular complexity index is 309. The summed E-state index contributed by atoms with van der Waals surface area (Å²) in [5.41, 5.74) is 0. The second kappa shape index (κ2) is 8.12. The minimum Gasteiger partial charge on any atom is -0.382 e. The van der Waals surface area contributed by atoms with Crippen molar-refractivity contribution in [3.63, 3.8) is 0 Å². The Hall–Kier alpha value is -1.14. The third-order valence-corrected chi connectivity index (χ3v) is 3.27. The number of amides is 2. The van der Waals surface area contributed by atoms with Crippen molar-refractivity contribution in [3.05, 3.63) is 0 Å². The lowest BCUT2D eigenvalue weighted by Gasteiger charge is -2.37. The molecule has 1 aliphatic heterocycles. The van der Waals surface area contributed by atoms with Crippen molar-refractivity contribution < 1.29 is 19.1 Å². The van der Waals surface area contributed by atoms with E-state index in [0.29, 0.717) is 32.8 Å². The average Bonchev–Trinajstić information content (AvgIpc) is 2.41. The number of rotatable bonds is 8. The van der Waals surface area contributed by atoms with Crippen molar-refractivity contribution in [2.24, 2.45) is 0 Å². The smallest absolute Gasteiger partial charge is 0.245 e. The van der Waals surface area contributed by atoms with Crippen LogP contribution in [-0.2, 0) is 19.1 Å². The molecule has 1 saturated heterocycles. The molecule has 2 amide bonds. The van der Waals surface area contributed by atoms with Gasteiger partial charge in [-0.15, -0.1) is 0 Å². The largest absolute Gasteiger partial charge is 0.382 e. The molecule has 0 aromatic heterocycles. The Morgan fingerprint density at radius 2 is 2.00 bits per heavy atom. The van der Waals surface area contributed by atoms with Gasteiger partial charge in [0.1, 0.15) is 12.1 Å². The molecule has 19 heavy (non-hydrogen) atoms. The van der Waals surface area contributed by atoms with Gasteiger partial charge in [0, 0.05) is 20.3 Å². The molecule has 2 unspecified atom stereocenters. The minimum absolute atomic E-state index is 0.00601. The summed E-state index contributed by atoms with van der Waals surface area (Å²) in [6, 6.07) is -0.771. The van der Waals surface area contributed by atoms with Gasteiger partial charge in [-0.25, -0.2) is 0 Å². The predicted molar refractivity (Wildman–Crippen MR) is 70.7 cm³/mol. The van der Waals surface area contributed by atoms with Crippen LogP contribution in [0.25, 0.3) is 0 Å². The summed E-state index contributed by atoms with van der Waals surface area (Å²) < 4.78 is 10.2. The molecule has 1 fully saturated rings. The van der Waals surface area contributed by atoms with Crippen molar-refractivity contribution in [1.29, 1.82) is 0 Å². The van der Waals surface area contributed by atoms with E-state index in [0.717, 1.165) is 6.42 Å². The van der Waals surface area contributed by atoms with Gasteiger partial charge in [0.2, 0.25) is 11.8 Å². The Morgan fingerprint density at radius 1 is 1.26 bits per heavy atom. The molecule has 1 N–H and O–H groups in total. The van der Waals surface area contributed by atoms with Crippen molar-refractivity contribution in [3.8, 4) is 0 Å². The highest BCUT2D eigenvalue weighted by Gasteiger charge is 2.36. The van der Waals surface area contributed by atoms with E-state index in [9.17, 15) is 9.59 Å². The maximum Gasteiger partial charge on any atom is 0.245 e. The van der Waals surface area contributed by atoms with E-state index in [-0.39, 0.29) is 17.9 Å². The zero-order chi connectivity index (χ0) is 14.3. The maximum absolute atomic E-state index is 12.1. The van der Waals surface area contributed by atoms with Crippen LogP contribution in [0.1, 0.15) is 26.7 Å². The number of hydrogen-bond acceptors (Lipinski definition) is 4. The molecule has 110 valence electrons. The summed E-state index contributed by atoms with van der Waals surface area (Å²) in [6.45, 7) is 5.89. The van der Waals surface area contributed by atoms with Crippen molar-refractivity contribution in [2.75, 3.05) is 33.5 Å². The molecule has 0 aromatic carbocycles. The fraction of sp³-hybridized carbons (Fsp3) is 0.846. The van der Waals surface area contributed by atoms with Crippen LogP contribution in [0.15, 0.2) is 0 Å². The van der Waals surface area contributed by atoms with Crippen molar-refractivity contribution in [1.82, 2.24) is 10.2 Å². The van der Waals surface area contributed by atoms with Gasteiger partial charge in [0.05, 0.1) is 13.2 Å². The number of methoxy groups -OCH3 is 1. The van der Waals surface area contributed by atoms with Crippen LogP contribution in [-0.4, -0.2) is 62.3 Å². The van der Waals surface area contributed by atoms with Gasteiger partial charge in [-0.2, -0.15) is 0 Å². The molecular formula is C13H24N2O4. The molecule has 1 aliphatic rings. The summed E-state index contributed by atoms with van der Waals surface area (Å²) >= 11 is 0. The predicted octanol–water partition coefficient (Wildman–Crippen LogP) is 0.165. The standard InChI is InChI=1S/C13H24N2O4/c1-4-11-13(17)15(10(2)12(16)14-11)6-5-7-19-9-8-18-3/h10-11H,4-9H2,1-3H3,(H,14,16). The van der Waals surface area contributed by atoms with Gasteiger partial charge in [0.15, 0.2) is 0 Å². The fourth-order valence-corrected chi connectivity index (χ4v) is 2.05. The van der Waals surface area contributed by atoms with Gasteiger partial charge in [-0.1, -0.05) is 6.92 Å². The van der Waals surface area contributed by atoms with E-state index in [1.807, 2.05) is 6.92 Å². The van der Waals surface area contributed by atoms with Crippen LogP contribution in [0.3, 0.4) is 0 Å². The molecule has 0 bridgehead atoms. The van der Waals surface area contributed by atoms with Gasteiger partial charge >= 0.3 is 0 Å².